The maximum absolute atomic E-state index is 6.03. The zero-order valence-corrected chi connectivity index (χ0v) is 12.5. The number of anilines is 1. The van der Waals surface area contributed by atoms with Gasteiger partial charge >= 0.3 is 0 Å². The number of nitrogens with two attached hydrogens (primary N) is 1. The molecule has 0 aromatic heterocycles. The fraction of sp³-hybridized carbons (Fsp3) is 0.600. The van der Waals surface area contributed by atoms with Crippen molar-refractivity contribution >= 4 is 5.69 Å². The van der Waals surface area contributed by atoms with Crippen molar-refractivity contribution in [3.05, 3.63) is 23.3 Å². The van der Waals surface area contributed by atoms with Gasteiger partial charge in [0.1, 0.15) is 5.75 Å². The van der Waals surface area contributed by atoms with Crippen LogP contribution in [0, 0.1) is 13.8 Å². The number of benzene rings is 1. The van der Waals surface area contributed by atoms with Crippen molar-refractivity contribution in [2.75, 3.05) is 25.6 Å². The Bertz CT molecular complexity index is 408. The lowest BCUT2D eigenvalue weighted by Crippen LogP contribution is -2.36. The van der Waals surface area contributed by atoms with E-state index in [0.717, 1.165) is 24.4 Å². The lowest BCUT2D eigenvalue weighted by Gasteiger charge is -2.27. The Balaban J connectivity index is 2.91. The van der Waals surface area contributed by atoms with E-state index in [4.69, 9.17) is 10.5 Å². The summed E-state index contributed by atoms with van der Waals surface area (Å²) in [7, 11) is 3.80. The van der Waals surface area contributed by atoms with Crippen molar-refractivity contribution < 1.29 is 4.74 Å². The number of ether oxygens (including phenoxy) is 1. The van der Waals surface area contributed by atoms with Gasteiger partial charge in [-0.25, -0.2) is 0 Å². The molecule has 1 aromatic rings. The SMILES string of the molecule is COc1cc(C)c(C)cc1N(C)CCC(C)(C)N. The van der Waals surface area contributed by atoms with Crippen LogP contribution >= 0.6 is 0 Å². The van der Waals surface area contributed by atoms with Crippen molar-refractivity contribution in [2.24, 2.45) is 5.73 Å². The van der Waals surface area contributed by atoms with Gasteiger partial charge in [0.15, 0.2) is 0 Å². The quantitative estimate of drug-likeness (QED) is 0.873. The minimum Gasteiger partial charge on any atom is -0.495 e. The molecule has 0 bridgehead atoms. The van der Waals surface area contributed by atoms with E-state index in [-0.39, 0.29) is 5.54 Å². The number of hydrogen-bond donors (Lipinski definition) is 1. The van der Waals surface area contributed by atoms with Crippen molar-refractivity contribution in [1.82, 2.24) is 0 Å². The minimum absolute atomic E-state index is 0.138. The first-order chi connectivity index (χ1) is 8.24. The zero-order valence-electron chi connectivity index (χ0n) is 12.5. The number of hydrogen-bond acceptors (Lipinski definition) is 3. The fourth-order valence-electron chi connectivity index (χ4n) is 1.81. The Morgan fingerprint density at radius 2 is 1.78 bits per heavy atom. The van der Waals surface area contributed by atoms with Crippen molar-refractivity contribution in [3.8, 4) is 5.75 Å². The topological polar surface area (TPSA) is 38.5 Å². The molecule has 0 saturated heterocycles. The van der Waals surface area contributed by atoms with Crippen molar-refractivity contribution in [1.29, 1.82) is 0 Å². The average molecular weight is 250 g/mol. The number of nitrogens with zero attached hydrogens (tertiary/aromatic N) is 1. The largest absolute Gasteiger partial charge is 0.495 e. The van der Waals surface area contributed by atoms with Crippen LogP contribution in [-0.2, 0) is 0 Å². The van der Waals surface area contributed by atoms with Crippen molar-refractivity contribution in [2.45, 2.75) is 39.7 Å². The van der Waals surface area contributed by atoms with E-state index in [1.165, 1.54) is 11.1 Å². The Morgan fingerprint density at radius 3 is 2.28 bits per heavy atom. The van der Waals surface area contributed by atoms with E-state index in [9.17, 15) is 0 Å². The van der Waals surface area contributed by atoms with Crippen LogP contribution in [0.1, 0.15) is 31.4 Å². The van der Waals surface area contributed by atoms with Crippen molar-refractivity contribution in [3.63, 3.8) is 0 Å². The summed E-state index contributed by atoms with van der Waals surface area (Å²) in [5, 5.41) is 0. The smallest absolute Gasteiger partial charge is 0.142 e. The molecule has 0 saturated carbocycles. The van der Waals surface area contributed by atoms with Crippen LogP contribution < -0.4 is 15.4 Å². The van der Waals surface area contributed by atoms with Gasteiger partial charge in [0.2, 0.25) is 0 Å². The molecule has 0 spiro atoms. The number of rotatable bonds is 5. The van der Waals surface area contributed by atoms with Gasteiger partial charge in [-0.05, 0) is 57.4 Å². The molecule has 1 rings (SSSR count). The number of aryl methyl sites for hydroxylation is 2. The van der Waals surface area contributed by atoms with Crippen LogP contribution in [0.5, 0.6) is 5.75 Å². The highest BCUT2D eigenvalue weighted by Crippen LogP contribution is 2.31. The monoisotopic (exact) mass is 250 g/mol. The lowest BCUT2D eigenvalue weighted by atomic mass is 10.0. The summed E-state index contributed by atoms with van der Waals surface area (Å²) in [4.78, 5) is 2.21. The second-order valence-corrected chi connectivity index (χ2v) is 5.77. The van der Waals surface area contributed by atoms with Crippen LogP contribution in [0.25, 0.3) is 0 Å². The summed E-state index contributed by atoms with van der Waals surface area (Å²) >= 11 is 0. The molecule has 18 heavy (non-hydrogen) atoms. The molecule has 0 radical (unpaired) electrons. The van der Waals surface area contributed by atoms with Crippen LogP contribution in [0.4, 0.5) is 5.69 Å². The third-order valence-corrected chi connectivity index (χ3v) is 3.30. The van der Waals surface area contributed by atoms with Crippen LogP contribution in [0.15, 0.2) is 12.1 Å². The van der Waals surface area contributed by atoms with E-state index >= 15 is 0 Å². The molecule has 102 valence electrons. The van der Waals surface area contributed by atoms with E-state index in [1.54, 1.807) is 7.11 Å². The highest BCUT2D eigenvalue weighted by Gasteiger charge is 2.15. The molecular formula is C15H26N2O. The minimum atomic E-state index is -0.138. The molecule has 0 heterocycles. The first-order valence-electron chi connectivity index (χ1n) is 6.40. The molecule has 0 atom stereocenters. The first-order valence-corrected chi connectivity index (χ1v) is 6.40. The van der Waals surface area contributed by atoms with Gasteiger partial charge in [-0.1, -0.05) is 0 Å². The predicted molar refractivity (Wildman–Crippen MR) is 78.6 cm³/mol. The van der Waals surface area contributed by atoms with E-state index in [2.05, 4.69) is 51.8 Å². The molecule has 0 aliphatic heterocycles. The molecule has 0 aliphatic carbocycles. The van der Waals surface area contributed by atoms with Crippen LogP contribution in [0.2, 0.25) is 0 Å². The molecule has 0 fully saturated rings. The van der Waals surface area contributed by atoms with E-state index in [0.29, 0.717) is 0 Å². The molecule has 0 unspecified atom stereocenters. The van der Waals surface area contributed by atoms with Gasteiger partial charge < -0.3 is 15.4 Å². The maximum Gasteiger partial charge on any atom is 0.142 e. The van der Waals surface area contributed by atoms with Gasteiger partial charge in [0.25, 0.3) is 0 Å². The molecule has 0 aliphatic rings. The zero-order chi connectivity index (χ0) is 13.9. The van der Waals surface area contributed by atoms with Gasteiger partial charge in [-0.15, -0.1) is 0 Å². The summed E-state index contributed by atoms with van der Waals surface area (Å²) in [5.41, 5.74) is 9.56. The predicted octanol–water partition coefficient (Wildman–Crippen LogP) is 2.88. The fourth-order valence-corrected chi connectivity index (χ4v) is 1.81. The molecular weight excluding hydrogens is 224 g/mol. The lowest BCUT2D eigenvalue weighted by molar-refractivity contribution is 0.413. The second-order valence-electron chi connectivity index (χ2n) is 5.77. The van der Waals surface area contributed by atoms with Crippen LogP contribution in [-0.4, -0.2) is 26.2 Å². The van der Waals surface area contributed by atoms with E-state index in [1.807, 2.05) is 0 Å². The Labute approximate surface area is 111 Å². The van der Waals surface area contributed by atoms with Gasteiger partial charge in [0, 0.05) is 19.1 Å². The van der Waals surface area contributed by atoms with E-state index < -0.39 is 0 Å². The summed E-state index contributed by atoms with van der Waals surface area (Å²) < 4.78 is 5.46. The van der Waals surface area contributed by atoms with Gasteiger partial charge in [-0.3, -0.25) is 0 Å². The Morgan fingerprint density at radius 1 is 1.22 bits per heavy atom. The second kappa shape index (κ2) is 5.61. The first kappa shape index (κ1) is 14.8. The average Bonchev–Trinajstić information content (AvgIpc) is 2.28. The van der Waals surface area contributed by atoms with Gasteiger partial charge in [0.05, 0.1) is 12.8 Å². The molecule has 1 aromatic carbocycles. The summed E-state index contributed by atoms with van der Waals surface area (Å²) in [6.45, 7) is 9.25. The molecule has 3 nitrogen and oxygen atoms in total. The standard InChI is InChI=1S/C15H26N2O/c1-11-9-13(14(18-6)10-12(11)2)17(5)8-7-15(3,4)16/h9-10H,7-8,16H2,1-6H3. The Hall–Kier alpha value is -1.22. The highest BCUT2D eigenvalue weighted by molar-refractivity contribution is 5.61. The number of methoxy groups -OCH3 is 1. The summed E-state index contributed by atoms with van der Waals surface area (Å²) in [5.74, 6) is 0.926. The highest BCUT2D eigenvalue weighted by atomic mass is 16.5. The molecule has 2 N–H and O–H groups in total. The Kier molecular flexibility index (Phi) is 4.63. The molecule has 0 amide bonds. The van der Waals surface area contributed by atoms with Crippen LogP contribution in [0.3, 0.4) is 0 Å². The normalized spacial score (nSPS) is 11.5. The third-order valence-electron chi connectivity index (χ3n) is 3.30. The molecule has 3 heteroatoms. The third kappa shape index (κ3) is 3.91. The van der Waals surface area contributed by atoms with Gasteiger partial charge in [-0.2, -0.15) is 0 Å². The summed E-state index contributed by atoms with van der Waals surface area (Å²) in [6, 6.07) is 4.27. The summed E-state index contributed by atoms with van der Waals surface area (Å²) in [6.07, 6.45) is 0.944. The maximum atomic E-state index is 6.03.